The highest BCUT2D eigenvalue weighted by Gasteiger charge is 2.01. The van der Waals surface area contributed by atoms with Crippen molar-refractivity contribution in [2.75, 3.05) is 12.4 Å². The first kappa shape index (κ1) is 11.3. The van der Waals surface area contributed by atoms with Gasteiger partial charge in [-0.25, -0.2) is 14.8 Å². The van der Waals surface area contributed by atoms with Crippen molar-refractivity contribution in [1.29, 1.82) is 0 Å². The van der Waals surface area contributed by atoms with Gasteiger partial charge in [0, 0.05) is 19.4 Å². The molecule has 0 aliphatic heterocycles. The van der Waals surface area contributed by atoms with Crippen molar-refractivity contribution in [3.63, 3.8) is 0 Å². The van der Waals surface area contributed by atoms with Crippen LogP contribution in [-0.4, -0.2) is 26.6 Å². The Kier molecular flexibility index (Phi) is 3.13. The standard InChI is InChI=1S/C11H13N5O/c1-8-3-15-11(17)16(6-8)7-9-4-14-10(12-2)5-13-9/h3-6H,7H2,1-2H3,(H,12,14). The third-order valence-corrected chi connectivity index (χ3v) is 2.28. The number of nitrogens with one attached hydrogen (secondary N) is 1. The van der Waals surface area contributed by atoms with Crippen molar-refractivity contribution in [2.45, 2.75) is 13.5 Å². The van der Waals surface area contributed by atoms with Gasteiger partial charge in [0.2, 0.25) is 0 Å². The summed E-state index contributed by atoms with van der Waals surface area (Å²) in [6.07, 6.45) is 6.57. The second kappa shape index (κ2) is 4.73. The van der Waals surface area contributed by atoms with Crippen LogP contribution in [0.4, 0.5) is 5.82 Å². The van der Waals surface area contributed by atoms with Crippen molar-refractivity contribution in [3.8, 4) is 0 Å². The Labute approximate surface area is 98.4 Å². The Morgan fingerprint density at radius 1 is 1.24 bits per heavy atom. The maximum Gasteiger partial charge on any atom is 0.347 e. The molecule has 2 heterocycles. The summed E-state index contributed by atoms with van der Waals surface area (Å²) in [5.74, 6) is 0.698. The van der Waals surface area contributed by atoms with Gasteiger partial charge in [-0.1, -0.05) is 0 Å². The van der Waals surface area contributed by atoms with Crippen LogP contribution in [0.1, 0.15) is 11.3 Å². The molecule has 0 radical (unpaired) electrons. The third-order valence-electron chi connectivity index (χ3n) is 2.28. The van der Waals surface area contributed by atoms with Gasteiger partial charge in [0.25, 0.3) is 0 Å². The Morgan fingerprint density at radius 3 is 2.71 bits per heavy atom. The molecule has 0 saturated carbocycles. The van der Waals surface area contributed by atoms with Crippen LogP contribution >= 0.6 is 0 Å². The van der Waals surface area contributed by atoms with E-state index in [4.69, 9.17) is 0 Å². The van der Waals surface area contributed by atoms with Crippen LogP contribution in [0.15, 0.2) is 29.6 Å². The van der Waals surface area contributed by atoms with Crippen LogP contribution in [0.25, 0.3) is 0 Å². The van der Waals surface area contributed by atoms with E-state index in [-0.39, 0.29) is 5.69 Å². The van der Waals surface area contributed by atoms with E-state index in [0.717, 1.165) is 11.3 Å². The van der Waals surface area contributed by atoms with Crippen LogP contribution in [0.2, 0.25) is 0 Å². The summed E-state index contributed by atoms with van der Waals surface area (Å²) in [5, 5.41) is 2.88. The lowest BCUT2D eigenvalue weighted by atomic mass is 10.4. The summed E-state index contributed by atoms with van der Waals surface area (Å²) >= 11 is 0. The molecule has 0 aromatic carbocycles. The fourth-order valence-corrected chi connectivity index (χ4v) is 1.42. The van der Waals surface area contributed by atoms with Gasteiger partial charge in [-0.3, -0.25) is 9.55 Å². The quantitative estimate of drug-likeness (QED) is 0.829. The molecule has 1 N–H and O–H groups in total. The van der Waals surface area contributed by atoms with Crippen molar-refractivity contribution in [2.24, 2.45) is 0 Å². The number of anilines is 1. The molecule has 2 aromatic heterocycles. The molecule has 0 aliphatic carbocycles. The van der Waals surface area contributed by atoms with Crippen molar-refractivity contribution >= 4 is 5.82 Å². The number of aryl methyl sites for hydroxylation is 1. The number of hydrogen-bond donors (Lipinski definition) is 1. The minimum absolute atomic E-state index is 0.282. The van der Waals surface area contributed by atoms with E-state index in [1.54, 1.807) is 31.8 Å². The Balaban J connectivity index is 2.25. The van der Waals surface area contributed by atoms with Gasteiger partial charge in [0.05, 0.1) is 24.6 Å². The van der Waals surface area contributed by atoms with E-state index in [2.05, 4.69) is 20.3 Å². The first-order valence-electron chi connectivity index (χ1n) is 5.21. The van der Waals surface area contributed by atoms with Crippen molar-refractivity contribution in [1.82, 2.24) is 19.5 Å². The molecule has 0 amide bonds. The first-order chi connectivity index (χ1) is 8.19. The predicted octanol–water partition coefficient (Wildman–Crippen LogP) is 0.432. The highest BCUT2D eigenvalue weighted by molar-refractivity contribution is 5.29. The summed E-state index contributed by atoms with van der Waals surface area (Å²) in [6.45, 7) is 2.27. The maximum absolute atomic E-state index is 11.5. The monoisotopic (exact) mass is 231 g/mol. The second-order valence-corrected chi connectivity index (χ2v) is 3.68. The SMILES string of the molecule is CNc1cnc(Cn2cc(C)cnc2=O)cn1. The summed E-state index contributed by atoms with van der Waals surface area (Å²) in [6, 6.07) is 0. The van der Waals surface area contributed by atoms with E-state index in [0.29, 0.717) is 12.4 Å². The summed E-state index contributed by atoms with van der Waals surface area (Å²) < 4.78 is 1.51. The molecule has 0 fully saturated rings. The maximum atomic E-state index is 11.5. The topological polar surface area (TPSA) is 72.7 Å². The van der Waals surface area contributed by atoms with Crippen LogP contribution in [0.3, 0.4) is 0 Å². The fourth-order valence-electron chi connectivity index (χ4n) is 1.42. The molecule has 0 atom stereocenters. The predicted molar refractivity (Wildman–Crippen MR) is 63.9 cm³/mol. The molecular formula is C11H13N5O. The smallest absolute Gasteiger partial charge is 0.347 e. The van der Waals surface area contributed by atoms with Crippen LogP contribution < -0.4 is 11.0 Å². The molecule has 0 aliphatic rings. The van der Waals surface area contributed by atoms with Crippen molar-refractivity contribution < 1.29 is 0 Å². The van der Waals surface area contributed by atoms with E-state index < -0.39 is 0 Å². The molecular weight excluding hydrogens is 218 g/mol. The molecule has 0 spiro atoms. The summed E-state index contributed by atoms with van der Waals surface area (Å²) in [7, 11) is 1.78. The van der Waals surface area contributed by atoms with Crippen LogP contribution in [-0.2, 0) is 6.54 Å². The summed E-state index contributed by atoms with van der Waals surface area (Å²) in [5.41, 5.74) is 1.37. The number of rotatable bonds is 3. The van der Waals surface area contributed by atoms with Gasteiger partial charge >= 0.3 is 5.69 Å². The molecule has 2 aromatic rings. The highest BCUT2D eigenvalue weighted by Crippen LogP contribution is 2.01. The minimum Gasteiger partial charge on any atom is -0.372 e. The molecule has 0 bridgehead atoms. The number of aromatic nitrogens is 4. The minimum atomic E-state index is -0.282. The molecule has 6 nitrogen and oxygen atoms in total. The van der Waals surface area contributed by atoms with Gasteiger partial charge in [-0.05, 0) is 12.5 Å². The zero-order chi connectivity index (χ0) is 12.3. The van der Waals surface area contributed by atoms with Crippen LogP contribution in [0, 0.1) is 6.92 Å². The van der Waals surface area contributed by atoms with Crippen molar-refractivity contribution in [3.05, 3.63) is 46.5 Å². The normalized spacial score (nSPS) is 10.2. The molecule has 88 valence electrons. The van der Waals surface area contributed by atoms with E-state index >= 15 is 0 Å². The Bertz CT molecular complexity index is 561. The van der Waals surface area contributed by atoms with Crippen LogP contribution in [0.5, 0.6) is 0 Å². The average Bonchev–Trinajstić information content (AvgIpc) is 2.35. The fraction of sp³-hybridized carbons (Fsp3) is 0.273. The second-order valence-electron chi connectivity index (χ2n) is 3.68. The molecule has 2 rings (SSSR count). The average molecular weight is 231 g/mol. The van der Waals surface area contributed by atoms with E-state index in [1.807, 2.05) is 6.92 Å². The Hall–Kier alpha value is -2.24. The van der Waals surface area contributed by atoms with E-state index in [1.165, 1.54) is 4.57 Å². The zero-order valence-electron chi connectivity index (χ0n) is 9.71. The van der Waals surface area contributed by atoms with E-state index in [9.17, 15) is 4.79 Å². The Morgan fingerprint density at radius 2 is 2.06 bits per heavy atom. The molecule has 17 heavy (non-hydrogen) atoms. The zero-order valence-corrected chi connectivity index (χ0v) is 9.71. The van der Waals surface area contributed by atoms with Gasteiger partial charge in [0.1, 0.15) is 5.82 Å². The van der Waals surface area contributed by atoms with Gasteiger partial charge in [0.15, 0.2) is 0 Å². The van der Waals surface area contributed by atoms with Gasteiger partial charge < -0.3 is 5.32 Å². The lowest BCUT2D eigenvalue weighted by Crippen LogP contribution is -2.23. The lowest BCUT2D eigenvalue weighted by molar-refractivity contribution is 0.702. The van der Waals surface area contributed by atoms with Gasteiger partial charge in [-0.2, -0.15) is 0 Å². The number of nitrogens with zero attached hydrogens (tertiary/aromatic N) is 4. The highest BCUT2D eigenvalue weighted by atomic mass is 16.1. The summed E-state index contributed by atoms with van der Waals surface area (Å²) in [4.78, 5) is 23.6. The van der Waals surface area contributed by atoms with Gasteiger partial charge in [-0.15, -0.1) is 0 Å². The largest absolute Gasteiger partial charge is 0.372 e. The first-order valence-corrected chi connectivity index (χ1v) is 5.21. The third kappa shape index (κ3) is 2.66. The lowest BCUT2D eigenvalue weighted by Gasteiger charge is -2.05. The molecule has 6 heteroatoms. The molecule has 0 saturated heterocycles. The number of hydrogen-bond acceptors (Lipinski definition) is 5. The molecule has 0 unspecified atom stereocenters.